The lowest BCUT2D eigenvalue weighted by molar-refractivity contribution is 0.106. The molecule has 0 bridgehead atoms. The Morgan fingerprint density at radius 3 is 2.21 bits per heavy atom. The zero-order valence-corrected chi connectivity index (χ0v) is 16.8. The van der Waals surface area contributed by atoms with Crippen molar-refractivity contribution in [3.63, 3.8) is 0 Å². The monoisotopic (exact) mass is 395 g/mol. The van der Waals surface area contributed by atoms with E-state index >= 15 is 0 Å². The standard InChI is InChI=1S/C23H25NO3S/c1-19-8-7-11-21(14-19)18-28(25,26)24-15-22-12-5-6-13-23(22)17-27-16-20-9-3-2-4-10-20/h2-14,24H,15-18H2,1H3. The van der Waals surface area contributed by atoms with E-state index in [0.29, 0.717) is 13.2 Å². The average molecular weight is 396 g/mol. The molecule has 0 aromatic heterocycles. The molecule has 3 rings (SSSR count). The average Bonchev–Trinajstić information content (AvgIpc) is 2.68. The van der Waals surface area contributed by atoms with E-state index in [1.165, 1.54) is 0 Å². The van der Waals surface area contributed by atoms with Crippen LogP contribution in [0.2, 0.25) is 0 Å². The molecule has 0 atom stereocenters. The summed E-state index contributed by atoms with van der Waals surface area (Å²) < 4.78 is 33.4. The van der Waals surface area contributed by atoms with Crippen LogP contribution in [0, 0.1) is 6.92 Å². The van der Waals surface area contributed by atoms with Crippen molar-refractivity contribution in [3.05, 3.63) is 107 Å². The van der Waals surface area contributed by atoms with Gasteiger partial charge in [0.15, 0.2) is 0 Å². The molecule has 0 aliphatic rings. The smallest absolute Gasteiger partial charge is 0.216 e. The molecule has 0 spiro atoms. The highest BCUT2D eigenvalue weighted by atomic mass is 32.2. The zero-order chi connectivity index (χ0) is 19.8. The summed E-state index contributed by atoms with van der Waals surface area (Å²) in [6.07, 6.45) is 0. The van der Waals surface area contributed by atoms with Gasteiger partial charge in [0, 0.05) is 6.54 Å². The van der Waals surface area contributed by atoms with Crippen LogP contribution in [0.4, 0.5) is 0 Å². The molecule has 0 aliphatic heterocycles. The fourth-order valence-electron chi connectivity index (χ4n) is 2.98. The van der Waals surface area contributed by atoms with Crippen molar-refractivity contribution in [2.45, 2.75) is 32.4 Å². The van der Waals surface area contributed by atoms with Crippen molar-refractivity contribution in [1.82, 2.24) is 4.72 Å². The number of ether oxygens (including phenoxy) is 1. The molecule has 3 aromatic carbocycles. The van der Waals surface area contributed by atoms with Crippen molar-refractivity contribution in [3.8, 4) is 0 Å². The number of hydrogen-bond donors (Lipinski definition) is 1. The summed E-state index contributed by atoms with van der Waals surface area (Å²) in [4.78, 5) is 0. The summed E-state index contributed by atoms with van der Waals surface area (Å²) >= 11 is 0. The van der Waals surface area contributed by atoms with Gasteiger partial charge in [-0.15, -0.1) is 0 Å². The lowest BCUT2D eigenvalue weighted by Gasteiger charge is -2.12. The molecule has 0 saturated carbocycles. The lowest BCUT2D eigenvalue weighted by atomic mass is 10.1. The third-order valence-corrected chi connectivity index (χ3v) is 5.71. The predicted octanol–water partition coefficient (Wildman–Crippen LogP) is 4.33. The van der Waals surface area contributed by atoms with E-state index in [0.717, 1.165) is 27.8 Å². The number of sulfonamides is 1. The maximum atomic E-state index is 12.5. The van der Waals surface area contributed by atoms with E-state index in [-0.39, 0.29) is 12.3 Å². The summed E-state index contributed by atoms with van der Waals surface area (Å²) in [6, 6.07) is 25.3. The molecule has 1 N–H and O–H groups in total. The van der Waals surface area contributed by atoms with E-state index < -0.39 is 10.0 Å². The first kappa shape index (κ1) is 20.3. The number of nitrogens with one attached hydrogen (secondary N) is 1. The second-order valence-corrected chi connectivity index (χ2v) is 8.62. The Labute approximate surface area is 167 Å². The first-order chi connectivity index (χ1) is 13.5. The van der Waals surface area contributed by atoms with E-state index in [4.69, 9.17) is 4.74 Å². The van der Waals surface area contributed by atoms with E-state index in [1.54, 1.807) is 0 Å². The van der Waals surface area contributed by atoms with Gasteiger partial charge in [0.2, 0.25) is 10.0 Å². The van der Waals surface area contributed by atoms with Gasteiger partial charge in [-0.2, -0.15) is 0 Å². The van der Waals surface area contributed by atoms with Crippen LogP contribution >= 0.6 is 0 Å². The van der Waals surface area contributed by atoms with Gasteiger partial charge in [0.1, 0.15) is 0 Å². The summed E-state index contributed by atoms with van der Waals surface area (Å²) in [6.45, 7) is 3.16. The highest BCUT2D eigenvalue weighted by molar-refractivity contribution is 7.88. The molecular weight excluding hydrogens is 370 g/mol. The zero-order valence-electron chi connectivity index (χ0n) is 16.0. The number of hydrogen-bond acceptors (Lipinski definition) is 3. The molecule has 0 fully saturated rings. The van der Waals surface area contributed by atoms with Crippen LogP contribution in [0.5, 0.6) is 0 Å². The van der Waals surface area contributed by atoms with E-state index in [2.05, 4.69) is 4.72 Å². The van der Waals surface area contributed by atoms with Crippen molar-refractivity contribution < 1.29 is 13.2 Å². The largest absolute Gasteiger partial charge is 0.372 e. The minimum atomic E-state index is -3.42. The SMILES string of the molecule is Cc1cccc(CS(=O)(=O)NCc2ccccc2COCc2ccccc2)c1. The molecule has 0 unspecified atom stereocenters. The summed E-state index contributed by atoms with van der Waals surface area (Å²) in [5, 5.41) is 0. The van der Waals surface area contributed by atoms with Gasteiger partial charge in [0.05, 0.1) is 19.0 Å². The molecule has 4 nitrogen and oxygen atoms in total. The van der Waals surface area contributed by atoms with Crippen molar-refractivity contribution in [1.29, 1.82) is 0 Å². The van der Waals surface area contributed by atoms with Crippen molar-refractivity contribution in [2.24, 2.45) is 0 Å². The molecule has 0 radical (unpaired) electrons. The van der Waals surface area contributed by atoms with Crippen LogP contribution in [0.3, 0.4) is 0 Å². The molecule has 0 heterocycles. The van der Waals surface area contributed by atoms with Crippen LogP contribution in [-0.4, -0.2) is 8.42 Å². The minimum Gasteiger partial charge on any atom is -0.372 e. The molecule has 5 heteroatoms. The first-order valence-electron chi connectivity index (χ1n) is 9.23. The molecular formula is C23H25NO3S. The van der Waals surface area contributed by atoms with Gasteiger partial charge in [-0.3, -0.25) is 0 Å². The van der Waals surface area contributed by atoms with Crippen LogP contribution in [0.1, 0.15) is 27.8 Å². The van der Waals surface area contributed by atoms with Gasteiger partial charge >= 0.3 is 0 Å². The molecule has 0 saturated heterocycles. The van der Waals surface area contributed by atoms with E-state index in [1.807, 2.05) is 85.8 Å². The molecule has 28 heavy (non-hydrogen) atoms. The van der Waals surface area contributed by atoms with Crippen LogP contribution in [0.25, 0.3) is 0 Å². The molecule has 0 amide bonds. The molecule has 0 aliphatic carbocycles. The van der Waals surface area contributed by atoms with Crippen molar-refractivity contribution in [2.75, 3.05) is 0 Å². The van der Waals surface area contributed by atoms with Crippen molar-refractivity contribution >= 4 is 10.0 Å². The van der Waals surface area contributed by atoms with Crippen LogP contribution in [-0.2, 0) is 40.3 Å². The fraction of sp³-hybridized carbons (Fsp3) is 0.217. The number of rotatable bonds is 9. The quantitative estimate of drug-likeness (QED) is 0.587. The van der Waals surface area contributed by atoms with E-state index in [9.17, 15) is 8.42 Å². The Morgan fingerprint density at radius 1 is 0.786 bits per heavy atom. The van der Waals surface area contributed by atoms with Gasteiger partial charge in [-0.05, 0) is 29.2 Å². The Kier molecular flexibility index (Phi) is 6.98. The number of aryl methyl sites for hydroxylation is 1. The first-order valence-corrected chi connectivity index (χ1v) is 10.9. The maximum Gasteiger partial charge on any atom is 0.216 e. The van der Waals surface area contributed by atoms with Crippen LogP contribution in [0.15, 0.2) is 78.9 Å². The van der Waals surface area contributed by atoms with Gasteiger partial charge in [0.25, 0.3) is 0 Å². The topological polar surface area (TPSA) is 55.4 Å². The Balaban J connectivity index is 1.58. The third kappa shape index (κ3) is 6.30. The summed E-state index contributed by atoms with van der Waals surface area (Å²) in [5.74, 6) is -0.0264. The second kappa shape index (κ2) is 9.64. The molecule has 146 valence electrons. The van der Waals surface area contributed by atoms with Crippen LogP contribution < -0.4 is 4.72 Å². The highest BCUT2D eigenvalue weighted by Crippen LogP contribution is 2.13. The normalized spacial score (nSPS) is 11.5. The molecule has 3 aromatic rings. The lowest BCUT2D eigenvalue weighted by Crippen LogP contribution is -2.25. The summed E-state index contributed by atoms with van der Waals surface area (Å²) in [5.41, 5.74) is 4.85. The van der Waals surface area contributed by atoms with Gasteiger partial charge in [-0.1, -0.05) is 84.4 Å². The Bertz CT molecular complexity index is 1000. The Hall–Kier alpha value is -2.47. The number of benzene rings is 3. The third-order valence-electron chi connectivity index (χ3n) is 4.41. The minimum absolute atomic E-state index is 0.0264. The Morgan fingerprint density at radius 2 is 1.46 bits per heavy atom. The predicted molar refractivity (Wildman–Crippen MR) is 112 cm³/mol. The van der Waals surface area contributed by atoms with Gasteiger partial charge < -0.3 is 4.74 Å². The van der Waals surface area contributed by atoms with Gasteiger partial charge in [-0.25, -0.2) is 13.1 Å². The maximum absolute atomic E-state index is 12.5. The fourth-order valence-corrected chi connectivity index (χ4v) is 4.08. The summed E-state index contributed by atoms with van der Waals surface area (Å²) in [7, 11) is -3.42. The highest BCUT2D eigenvalue weighted by Gasteiger charge is 2.13. The second-order valence-electron chi connectivity index (χ2n) is 6.82.